The van der Waals surface area contributed by atoms with Crippen molar-refractivity contribution in [2.75, 3.05) is 0 Å². The van der Waals surface area contributed by atoms with Gasteiger partial charge in [0.1, 0.15) is 12.7 Å². The molecule has 24 heavy (non-hydrogen) atoms. The highest BCUT2D eigenvalue weighted by Gasteiger charge is 2.24. The number of alkyl carbamates (subject to hydrolysis) is 1. The Kier molecular flexibility index (Phi) is 5.89. The van der Waals surface area contributed by atoms with Crippen molar-refractivity contribution < 1.29 is 19.4 Å². The number of ether oxygens (including phenoxy) is 1. The molecule has 1 aromatic heterocycles. The van der Waals surface area contributed by atoms with Crippen molar-refractivity contribution in [3.05, 3.63) is 48.0 Å². The quantitative estimate of drug-likeness (QED) is 0.800. The number of aryl methyl sites for hydroxylation is 1. The van der Waals surface area contributed by atoms with E-state index in [1.165, 1.54) is 22.9 Å². The number of hydrogen-bond acceptors (Lipinski definition) is 5. The van der Waals surface area contributed by atoms with Gasteiger partial charge in [-0.2, -0.15) is 5.10 Å². The van der Waals surface area contributed by atoms with E-state index in [2.05, 4.69) is 22.3 Å². The Labute approximate surface area is 139 Å². The number of nitrogens with zero attached hydrogens (tertiary/aromatic N) is 3. The topological polar surface area (TPSA) is 106 Å². The normalized spacial score (nSPS) is 13.1. The lowest BCUT2D eigenvalue weighted by Gasteiger charge is -2.18. The van der Waals surface area contributed by atoms with Gasteiger partial charge < -0.3 is 15.2 Å². The first kappa shape index (κ1) is 17.5. The summed E-state index contributed by atoms with van der Waals surface area (Å²) in [6.07, 6.45) is 1.43. The summed E-state index contributed by atoms with van der Waals surface area (Å²) in [4.78, 5) is 26.9. The van der Waals surface area contributed by atoms with E-state index in [0.29, 0.717) is 0 Å². The van der Waals surface area contributed by atoms with Gasteiger partial charge in [-0.1, -0.05) is 31.2 Å². The van der Waals surface area contributed by atoms with Gasteiger partial charge in [0, 0.05) is 0 Å². The first-order valence-electron chi connectivity index (χ1n) is 7.60. The van der Waals surface area contributed by atoms with E-state index in [0.717, 1.165) is 12.0 Å². The lowest BCUT2D eigenvalue weighted by atomic mass is 10.1. The van der Waals surface area contributed by atoms with E-state index in [1.54, 1.807) is 6.92 Å². The van der Waals surface area contributed by atoms with Crippen LogP contribution in [-0.4, -0.2) is 38.0 Å². The number of carboxylic acid groups (broad SMARTS) is 1. The van der Waals surface area contributed by atoms with Gasteiger partial charge in [-0.15, -0.1) is 0 Å². The third-order valence-corrected chi connectivity index (χ3v) is 3.57. The lowest BCUT2D eigenvalue weighted by Crippen LogP contribution is -2.37. The highest BCUT2D eigenvalue weighted by Crippen LogP contribution is 2.14. The molecule has 0 unspecified atom stereocenters. The van der Waals surface area contributed by atoms with Crippen LogP contribution in [0.2, 0.25) is 0 Å². The molecule has 1 heterocycles. The van der Waals surface area contributed by atoms with Gasteiger partial charge in [0.25, 0.3) is 0 Å². The minimum Gasteiger partial charge on any atom is -0.478 e. The van der Waals surface area contributed by atoms with Crippen LogP contribution >= 0.6 is 0 Å². The smallest absolute Gasteiger partial charge is 0.408 e. The highest BCUT2D eigenvalue weighted by molar-refractivity contribution is 5.77. The minimum atomic E-state index is -1.35. The number of aromatic nitrogens is 3. The van der Waals surface area contributed by atoms with Gasteiger partial charge in [0.2, 0.25) is 6.10 Å². The number of rotatable bonds is 7. The molecule has 2 atom stereocenters. The maximum absolute atomic E-state index is 12.0. The predicted octanol–water partition coefficient (Wildman–Crippen LogP) is 1.78. The third kappa shape index (κ3) is 4.80. The predicted molar refractivity (Wildman–Crippen MR) is 85.3 cm³/mol. The molecule has 0 radical (unpaired) electrons. The van der Waals surface area contributed by atoms with Crippen LogP contribution in [0.25, 0.3) is 0 Å². The highest BCUT2D eigenvalue weighted by atomic mass is 16.6. The Bertz CT molecular complexity index is 670. The van der Waals surface area contributed by atoms with Crippen molar-refractivity contribution in [2.45, 2.75) is 39.0 Å². The molecule has 0 spiro atoms. The molecule has 2 N–H and O–H groups in total. The van der Waals surface area contributed by atoms with Crippen molar-refractivity contribution in [3.8, 4) is 0 Å². The van der Waals surface area contributed by atoms with Crippen molar-refractivity contribution in [3.63, 3.8) is 0 Å². The molecular weight excluding hydrogens is 312 g/mol. The first-order valence-corrected chi connectivity index (χ1v) is 7.60. The second kappa shape index (κ2) is 8.09. The maximum atomic E-state index is 12.0. The number of benzene rings is 1. The summed E-state index contributed by atoms with van der Waals surface area (Å²) in [5.74, 6) is -1.25. The van der Waals surface area contributed by atoms with Crippen LogP contribution in [-0.2, 0) is 22.5 Å². The monoisotopic (exact) mass is 332 g/mol. The molecule has 8 heteroatoms. The van der Waals surface area contributed by atoms with Crippen molar-refractivity contribution in [1.29, 1.82) is 0 Å². The van der Waals surface area contributed by atoms with E-state index < -0.39 is 18.2 Å². The van der Waals surface area contributed by atoms with Crippen LogP contribution in [0.15, 0.2) is 36.9 Å². The third-order valence-electron chi connectivity index (χ3n) is 3.57. The van der Waals surface area contributed by atoms with Crippen LogP contribution in [0.1, 0.15) is 31.0 Å². The summed E-state index contributed by atoms with van der Waals surface area (Å²) in [6.45, 7) is 3.76. The number of carbonyl (C=O) groups excluding carboxylic acids is 1. The van der Waals surface area contributed by atoms with E-state index in [4.69, 9.17) is 9.84 Å². The van der Waals surface area contributed by atoms with Crippen LogP contribution in [0.3, 0.4) is 0 Å². The molecule has 0 bridgehead atoms. The minimum absolute atomic E-state index is 0.109. The SMILES string of the molecule is CCc1ccc([C@H](C)NC(=O)O[C@H](Cn2cncn2)C(=O)O)cc1. The molecule has 8 nitrogen and oxygen atoms in total. The molecule has 0 fully saturated rings. The van der Waals surface area contributed by atoms with Crippen LogP contribution in [0, 0.1) is 0 Å². The van der Waals surface area contributed by atoms with Gasteiger partial charge in [0.15, 0.2) is 0 Å². The number of carboxylic acids is 1. The van der Waals surface area contributed by atoms with Gasteiger partial charge in [-0.25, -0.2) is 19.3 Å². The molecule has 2 rings (SSSR count). The number of hydrogen-bond donors (Lipinski definition) is 2. The maximum Gasteiger partial charge on any atom is 0.408 e. The molecule has 0 aliphatic carbocycles. The Balaban J connectivity index is 1.93. The number of aliphatic carboxylic acids is 1. The van der Waals surface area contributed by atoms with Crippen molar-refractivity contribution in [1.82, 2.24) is 20.1 Å². The lowest BCUT2D eigenvalue weighted by molar-refractivity contribution is -0.147. The molecular formula is C16H20N4O4. The number of amides is 1. The Morgan fingerprint density at radius 3 is 2.58 bits per heavy atom. The molecule has 1 amide bonds. The largest absolute Gasteiger partial charge is 0.478 e. The van der Waals surface area contributed by atoms with E-state index in [9.17, 15) is 9.59 Å². The summed E-state index contributed by atoms with van der Waals surface area (Å²) in [6, 6.07) is 7.53. The average molecular weight is 332 g/mol. The molecule has 2 aromatic rings. The van der Waals surface area contributed by atoms with Gasteiger partial charge in [-0.05, 0) is 24.5 Å². The summed E-state index contributed by atoms with van der Waals surface area (Å²) in [5, 5.41) is 15.6. The van der Waals surface area contributed by atoms with Crippen LogP contribution in [0.4, 0.5) is 4.79 Å². The molecule has 0 aliphatic rings. The summed E-state index contributed by atoms with van der Waals surface area (Å²) in [7, 11) is 0. The second-order valence-electron chi connectivity index (χ2n) is 5.31. The second-order valence-corrected chi connectivity index (χ2v) is 5.31. The van der Waals surface area contributed by atoms with Crippen molar-refractivity contribution in [2.24, 2.45) is 0 Å². The van der Waals surface area contributed by atoms with Gasteiger partial charge in [0.05, 0.1) is 12.6 Å². The molecule has 0 saturated carbocycles. The van der Waals surface area contributed by atoms with Crippen LogP contribution in [0.5, 0.6) is 0 Å². The standard InChI is InChI=1S/C16H20N4O4/c1-3-12-4-6-13(7-5-12)11(2)19-16(23)24-14(15(21)22)8-20-10-17-9-18-20/h4-7,9-11,14H,3,8H2,1-2H3,(H,19,23)(H,21,22)/t11-,14+/m0/s1. The number of nitrogens with one attached hydrogen (secondary N) is 1. The zero-order chi connectivity index (χ0) is 17.5. The van der Waals surface area contributed by atoms with E-state index in [-0.39, 0.29) is 12.6 Å². The zero-order valence-corrected chi connectivity index (χ0v) is 13.5. The molecule has 128 valence electrons. The fourth-order valence-electron chi connectivity index (χ4n) is 2.13. The van der Waals surface area contributed by atoms with Crippen LogP contribution < -0.4 is 5.32 Å². The number of carbonyl (C=O) groups is 2. The summed E-state index contributed by atoms with van der Waals surface area (Å²) in [5.41, 5.74) is 2.11. The van der Waals surface area contributed by atoms with Gasteiger partial charge >= 0.3 is 12.1 Å². The van der Waals surface area contributed by atoms with Gasteiger partial charge in [-0.3, -0.25) is 0 Å². The first-order chi connectivity index (χ1) is 11.5. The summed E-state index contributed by atoms with van der Waals surface area (Å²) < 4.78 is 6.27. The fraction of sp³-hybridized carbons (Fsp3) is 0.375. The molecule has 1 aromatic carbocycles. The fourth-order valence-corrected chi connectivity index (χ4v) is 2.13. The Morgan fingerprint density at radius 1 is 1.33 bits per heavy atom. The summed E-state index contributed by atoms with van der Waals surface area (Å²) >= 11 is 0. The molecule has 0 aliphatic heterocycles. The average Bonchev–Trinajstić information content (AvgIpc) is 3.07. The molecule has 0 saturated heterocycles. The Morgan fingerprint density at radius 2 is 2.04 bits per heavy atom. The zero-order valence-electron chi connectivity index (χ0n) is 13.5. The van der Waals surface area contributed by atoms with E-state index in [1.807, 2.05) is 24.3 Å². The van der Waals surface area contributed by atoms with E-state index >= 15 is 0 Å². The van der Waals surface area contributed by atoms with Crippen molar-refractivity contribution >= 4 is 12.1 Å². The Hall–Kier alpha value is -2.90.